The molecule has 2 aromatic heterocycles. The molecule has 2 heterocycles. The highest BCUT2D eigenvalue weighted by Gasteiger charge is 2.08. The standard InChI is InChI=1S/C19H17N5/c1-24-17-10-6-5-9-16(17)22-18(24)13-21-19-20-12-11-15(23-19)14-7-3-2-4-8-14/h2-12H,13H2,1H3,(H,20,21,23). The van der Waals surface area contributed by atoms with Crippen molar-refractivity contribution in [2.24, 2.45) is 7.05 Å². The minimum absolute atomic E-state index is 0.573. The monoisotopic (exact) mass is 315 g/mol. The molecule has 0 atom stereocenters. The Labute approximate surface area is 140 Å². The van der Waals surface area contributed by atoms with E-state index in [-0.39, 0.29) is 0 Å². The number of aromatic nitrogens is 4. The van der Waals surface area contributed by atoms with E-state index in [1.165, 1.54) is 0 Å². The van der Waals surface area contributed by atoms with Crippen LogP contribution in [0.25, 0.3) is 22.3 Å². The van der Waals surface area contributed by atoms with E-state index in [4.69, 9.17) is 0 Å². The van der Waals surface area contributed by atoms with E-state index >= 15 is 0 Å². The number of fused-ring (bicyclic) bond motifs is 1. The van der Waals surface area contributed by atoms with Crippen molar-refractivity contribution in [2.45, 2.75) is 6.54 Å². The predicted octanol–water partition coefficient (Wildman–Crippen LogP) is 3.64. The van der Waals surface area contributed by atoms with Crippen LogP contribution in [0.1, 0.15) is 5.82 Å². The number of nitrogens with one attached hydrogen (secondary N) is 1. The molecule has 24 heavy (non-hydrogen) atoms. The molecule has 0 aliphatic rings. The average Bonchev–Trinajstić information content (AvgIpc) is 2.97. The van der Waals surface area contributed by atoms with Crippen LogP contribution in [0.4, 0.5) is 5.95 Å². The van der Waals surface area contributed by atoms with Crippen molar-refractivity contribution in [1.82, 2.24) is 19.5 Å². The van der Waals surface area contributed by atoms with Crippen molar-refractivity contribution in [3.63, 3.8) is 0 Å². The number of nitrogens with zero attached hydrogens (tertiary/aromatic N) is 4. The molecule has 0 saturated carbocycles. The average molecular weight is 315 g/mol. The van der Waals surface area contributed by atoms with Crippen LogP contribution in [0.15, 0.2) is 66.9 Å². The van der Waals surface area contributed by atoms with Crippen LogP contribution in [0, 0.1) is 0 Å². The topological polar surface area (TPSA) is 55.6 Å². The number of imidazole rings is 1. The summed E-state index contributed by atoms with van der Waals surface area (Å²) in [5, 5.41) is 3.27. The van der Waals surface area contributed by atoms with Crippen molar-refractivity contribution < 1.29 is 0 Å². The maximum atomic E-state index is 4.65. The van der Waals surface area contributed by atoms with Gasteiger partial charge in [-0.25, -0.2) is 15.0 Å². The molecule has 4 aromatic rings. The predicted molar refractivity (Wildman–Crippen MR) is 95.5 cm³/mol. The molecule has 2 aromatic carbocycles. The molecule has 0 amide bonds. The van der Waals surface area contributed by atoms with E-state index in [0.29, 0.717) is 12.5 Å². The molecule has 1 N–H and O–H groups in total. The fourth-order valence-corrected chi connectivity index (χ4v) is 2.73. The quantitative estimate of drug-likeness (QED) is 0.624. The van der Waals surface area contributed by atoms with Gasteiger partial charge in [0.2, 0.25) is 5.95 Å². The van der Waals surface area contributed by atoms with Gasteiger partial charge in [-0.2, -0.15) is 0 Å². The Kier molecular flexibility index (Phi) is 3.67. The van der Waals surface area contributed by atoms with Crippen molar-refractivity contribution in [3.8, 4) is 11.3 Å². The molecule has 4 rings (SSSR count). The second-order valence-corrected chi connectivity index (χ2v) is 5.56. The van der Waals surface area contributed by atoms with Crippen LogP contribution in [0.5, 0.6) is 0 Å². The van der Waals surface area contributed by atoms with Gasteiger partial charge in [-0.1, -0.05) is 42.5 Å². The molecule has 0 unspecified atom stereocenters. The second kappa shape index (κ2) is 6.12. The second-order valence-electron chi connectivity index (χ2n) is 5.56. The molecule has 5 nitrogen and oxygen atoms in total. The lowest BCUT2D eigenvalue weighted by Crippen LogP contribution is -2.08. The van der Waals surface area contributed by atoms with Crippen molar-refractivity contribution >= 4 is 17.0 Å². The SMILES string of the molecule is Cn1c(CNc2nccc(-c3ccccc3)n2)nc2ccccc21. The van der Waals surface area contributed by atoms with E-state index in [2.05, 4.69) is 30.9 Å². The lowest BCUT2D eigenvalue weighted by Gasteiger charge is -2.07. The first-order valence-electron chi connectivity index (χ1n) is 7.84. The summed E-state index contributed by atoms with van der Waals surface area (Å²) in [7, 11) is 2.02. The summed E-state index contributed by atoms with van der Waals surface area (Å²) in [6.45, 7) is 0.573. The van der Waals surface area contributed by atoms with Gasteiger partial charge in [-0.3, -0.25) is 0 Å². The van der Waals surface area contributed by atoms with E-state index in [1.807, 2.05) is 61.6 Å². The van der Waals surface area contributed by atoms with Gasteiger partial charge in [0, 0.05) is 18.8 Å². The first-order valence-corrected chi connectivity index (χ1v) is 7.84. The molecule has 0 bridgehead atoms. The lowest BCUT2D eigenvalue weighted by molar-refractivity contribution is 0.828. The summed E-state index contributed by atoms with van der Waals surface area (Å²) < 4.78 is 2.09. The third-order valence-corrected chi connectivity index (χ3v) is 4.01. The summed E-state index contributed by atoms with van der Waals surface area (Å²) in [5.41, 5.74) is 4.09. The lowest BCUT2D eigenvalue weighted by atomic mass is 10.1. The summed E-state index contributed by atoms with van der Waals surface area (Å²) in [6.07, 6.45) is 1.77. The third kappa shape index (κ3) is 2.72. The first kappa shape index (κ1) is 14.4. The minimum atomic E-state index is 0.573. The van der Waals surface area contributed by atoms with Crippen LogP contribution in [-0.4, -0.2) is 19.5 Å². The van der Waals surface area contributed by atoms with Crippen LogP contribution in [-0.2, 0) is 13.6 Å². The maximum absolute atomic E-state index is 4.65. The first-order chi connectivity index (χ1) is 11.8. The van der Waals surface area contributed by atoms with Gasteiger partial charge in [-0.15, -0.1) is 0 Å². The smallest absolute Gasteiger partial charge is 0.223 e. The zero-order chi connectivity index (χ0) is 16.4. The van der Waals surface area contributed by atoms with Gasteiger partial charge < -0.3 is 9.88 Å². The van der Waals surface area contributed by atoms with Crippen molar-refractivity contribution in [3.05, 3.63) is 72.7 Å². The Hall–Kier alpha value is -3.21. The normalized spacial score (nSPS) is 10.9. The Morgan fingerprint density at radius 2 is 1.71 bits per heavy atom. The van der Waals surface area contributed by atoms with Gasteiger partial charge in [0.25, 0.3) is 0 Å². The van der Waals surface area contributed by atoms with E-state index in [1.54, 1.807) is 6.20 Å². The summed E-state index contributed by atoms with van der Waals surface area (Å²) in [5.74, 6) is 1.55. The molecular formula is C19H17N5. The Morgan fingerprint density at radius 1 is 0.917 bits per heavy atom. The largest absolute Gasteiger partial charge is 0.347 e. The zero-order valence-electron chi connectivity index (χ0n) is 13.3. The number of para-hydroxylation sites is 2. The minimum Gasteiger partial charge on any atom is -0.347 e. The Balaban J connectivity index is 1.56. The highest BCUT2D eigenvalue weighted by atomic mass is 15.1. The molecule has 0 spiro atoms. The highest BCUT2D eigenvalue weighted by molar-refractivity contribution is 5.75. The summed E-state index contributed by atoms with van der Waals surface area (Å²) >= 11 is 0. The van der Waals surface area contributed by atoms with Crippen LogP contribution in [0.3, 0.4) is 0 Å². The third-order valence-electron chi connectivity index (χ3n) is 4.01. The van der Waals surface area contributed by atoms with Crippen LogP contribution >= 0.6 is 0 Å². The van der Waals surface area contributed by atoms with Gasteiger partial charge in [0.1, 0.15) is 5.82 Å². The number of hydrogen-bond acceptors (Lipinski definition) is 4. The molecule has 0 saturated heterocycles. The molecule has 5 heteroatoms. The molecule has 0 aliphatic carbocycles. The van der Waals surface area contributed by atoms with Crippen LogP contribution in [0.2, 0.25) is 0 Å². The maximum Gasteiger partial charge on any atom is 0.223 e. The Bertz CT molecular complexity index is 975. The fourth-order valence-electron chi connectivity index (χ4n) is 2.73. The zero-order valence-corrected chi connectivity index (χ0v) is 13.3. The van der Waals surface area contributed by atoms with E-state index < -0.39 is 0 Å². The Morgan fingerprint density at radius 3 is 2.54 bits per heavy atom. The number of anilines is 1. The van der Waals surface area contributed by atoms with Crippen molar-refractivity contribution in [1.29, 1.82) is 0 Å². The molecule has 0 aliphatic heterocycles. The van der Waals surface area contributed by atoms with E-state index in [0.717, 1.165) is 28.1 Å². The van der Waals surface area contributed by atoms with Gasteiger partial charge in [0.05, 0.1) is 23.3 Å². The number of benzene rings is 2. The fraction of sp³-hybridized carbons (Fsp3) is 0.105. The highest BCUT2D eigenvalue weighted by Crippen LogP contribution is 2.18. The number of rotatable bonds is 4. The van der Waals surface area contributed by atoms with E-state index in [9.17, 15) is 0 Å². The van der Waals surface area contributed by atoms with Crippen LogP contribution < -0.4 is 5.32 Å². The van der Waals surface area contributed by atoms with Gasteiger partial charge in [-0.05, 0) is 18.2 Å². The molecule has 0 radical (unpaired) electrons. The van der Waals surface area contributed by atoms with Gasteiger partial charge in [0.15, 0.2) is 0 Å². The molecule has 0 fully saturated rings. The molecule has 118 valence electrons. The van der Waals surface area contributed by atoms with Crippen molar-refractivity contribution in [2.75, 3.05) is 5.32 Å². The molecular weight excluding hydrogens is 298 g/mol. The van der Waals surface area contributed by atoms with Gasteiger partial charge >= 0.3 is 0 Å². The number of hydrogen-bond donors (Lipinski definition) is 1. The number of aryl methyl sites for hydroxylation is 1. The summed E-state index contributed by atoms with van der Waals surface area (Å²) in [4.78, 5) is 13.5. The summed E-state index contributed by atoms with van der Waals surface area (Å²) in [6, 6.07) is 20.1.